The maximum atomic E-state index is 6.36. The molecule has 3 heterocycles. The molecule has 2 aromatic carbocycles. The van der Waals surface area contributed by atoms with Crippen LogP contribution in [0.25, 0.3) is 11.3 Å². The van der Waals surface area contributed by atoms with E-state index in [1.165, 1.54) is 5.56 Å². The zero-order valence-electron chi connectivity index (χ0n) is 16.8. The van der Waals surface area contributed by atoms with E-state index < -0.39 is 0 Å². The summed E-state index contributed by atoms with van der Waals surface area (Å²) in [5.74, 6) is 1.60. The van der Waals surface area contributed by atoms with E-state index in [4.69, 9.17) is 28.2 Å². The number of hydrogen-bond acceptors (Lipinski definition) is 3. The molecule has 0 radical (unpaired) electrons. The van der Waals surface area contributed by atoms with Crippen LogP contribution in [0.15, 0.2) is 89.5 Å². The van der Waals surface area contributed by atoms with Crippen molar-refractivity contribution in [3.63, 3.8) is 0 Å². The van der Waals surface area contributed by atoms with Crippen LogP contribution in [0.4, 0.5) is 5.69 Å². The van der Waals surface area contributed by atoms with Gasteiger partial charge in [0.05, 0.1) is 11.7 Å². The Morgan fingerprint density at radius 1 is 0.968 bits per heavy atom. The van der Waals surface area contributed by atoms with E-state index in [1.54, 1.807) is 6.20 Å². The first-order chi connectivity index (χ1) is 15.1. The van der Waals surface area contributed by atoms with E-state index in [1.807, 2.05) is 54.6 Å². The van der Waals surface area contributed by atoms with Gasteiger partial charge in [-0.1, -0.05) is 35.4 Å². The van der Waals surface area contributed by atoms with E-state index in [2.05, 4.69) is 46.4 Å². The summed E-state index contributed by atoms with van der Waals surface area (Å²) < 4.78 is 6.36. The molecule has 6 heteroatoms. The second-order valence-corrected chi connectivity index (χ2v) is 8.36. The van der Waals surface area contributed by atoms with Crippen LogP contribution in [-0.2, 0) is 0 Å². The summed E-state index contributed by atoms with van der Waals surface area (Å²) in [7, 11) is 0. The number of aromatic nitrogens is 1. The average Bonchev–Trinajstić information content (AvgIpc) is 3.40. The van der Waals surface area contributed by atoms with Crippen molar-refractivity contribution in [3.05, 3.63) is 107 Å². The third kappa shape index (κ3) is 3.82. The number of furan rings is 1. The summed E-state index contributed by atoms with van der Waals surface area (Å²) in [6.07, 6.45) is 1.80. The van der Waals surface area contributed by atoms with Crippen molar-refractivity contribution in [1.29, 1.82) is 0 Å². The number of anilines is 1. The molecule has 0 spiro atoms. The number of nitrogens with zero attached hydrogens (tertiary/aromatic N) is 2. The summed E-state index contributed by atoms with van der Waals surface area (Å²) in [4.78, 5) is 6.69. The fraction of sp³-hybridized carbons (Fsp3) is 0.120. The monoisotopic (exact) mass is 445 g/mol. The third-order valence-electron chi connectivity index (χ3n) is 5.46. The average molecular weight is 446 g/mol. The standard InChI is InChI=1S/C25H20ClN3OS/c1-16-5-11-19(12-6-16)29-24(23(28-25(29)31)20-4-2-3-15-27-20)22-14-13-21(30-22)17-7-9-18(26)10-8-17/h2-15,23-24H,1H3,(H,28,31)/t23-,24+/m1/s1. The molecular formula is C25H20ClN3OS. The Morgan fingerprint density at radius 2 is 1.74 bits per heavy atom. The predicted octanol–water partition coefficient (Wildman–Crippen LogP) is 6.48. The fourth-order valence-electron chi connectivity index (χ4n) is 3.91. The number of halogens is 1. The van der Waals surface area contributed by atoms with E-state index in [-0.39, 0.29) is 12.1 Å². The van der Waals surface area contributed by atoms with Crippen molar-refractivity contribution in [2.75, 3.05) is 4.90 Å². The lowest BCUT2D eigenvalue weighted by Gasteiger charge is -2.26. The lowest BCUT2D eigenvalue weighted by molar-refractivity contribution is 0.439. The van der Waals surface area contributed by atoms with E-state index in [0.29, 0.717) is 10.1 Å². The first-order valence-corrected chi connectivity index (χ1v) is 10.8. The van der Waals surface area contributed by atoms with E-state index >= 15 is 0 Å². The van der Waals surface area contributed by atoms with Gasteiger partial charge in [0.25, 0.3) is 0 Å². The number of thiocarbonyl (C=S) groups is 1. The number of benzene rings is 2. The van der Waals surface area contributed by atoms with Gasteiger partial charge in [0.1, 0.15) is 17.6 Å². The Bertz CT molecular complexity index is 1210. The highest BCUT2D eigenvalue weighted by Crippen LogP contribution is 2.42. The normalized spacial score (nSPS) is 18.3. The van der Waals surface area contributed by atoms with Gasteiger partial charge >= 0.3 is 0 Å². The van der Waals surface area contributed by atoms with Crippen LogP contribution < -0.4 is 10.2 Å². The number of aryl methyl sites for hydroxylation is 1. The molecular weight excluding hydrogens is 426 g/mol. The minimum absolute atomic E-state index is 0.140. The molecule has 1 aliphatic heterocycles. The minimum Gasteiger partial charge on any atom is -0.459 e. The molecule has 31 heavy (non-hydrogen) atoms. The van der Waals surface area contributed by atoms with Gasteiger partial charge in [-0.3, -0.25) is 4.98 Å². The van der Waals surface area contributed by atoms with Crippen LogP contribution >= 0.6 is 23.8 Å². The first-order valence-electron chi connectivity index (χ1n) is 10.0. The smallest absolute Gasteiger partial charge is 0.174 e. The summed E-state index contributed by atoms with van der Waals surface area (Å²) in [5.41, 5.74) is 4.09. The summed E-state index contributed by atoms with van der Waals surface area (Å²) in [6, 6.07) is 25.6. The highest BCUT2D eigenvalue weighted by molar-refractivity contribution is 7.80. The predicted molar refractivity (Wildman–Crippen MR) is 128 cm³/mol. The molecule has 1 aliphatic rings. The van der Waals surface area contributed by atoms with Crippen LogP contribution in [0.3, 0.4) is 0 Å². The Hall–Kier alpha value is -3.15. The van der Waals surface area contributed by atoms with Crippen molar-refractivity contribution in [1.82, 2.24) is 10.3 Å². The summed E-state index contributed by atoms with van der Waals surface area (Å²) >= 11 is 11.8. The molecule has 2 atom stereocenters. The molecule has 2 aromatic heterocycles. The van der Waals surface area contributed by atoms with Crippen molar-refractivity contribution in [2.24, 2.45) is 0 Å². The molecule has 154 valence electrons. The van der Waals surface area contributed by atoms with Gasteiger partial charge in [0.15, 0.2) is 5.11 Å². The van der Waals surface area contributed by atoms with E-state index in [0.717, 1.165) is 28.5 Å². The van der Waals surface area contributed by atoms with Gasteiger partial charge in [-0.25, -0.2) is 0 Å². The molecule has 0 amide bonds. The Labute approximate surface area is 191 Å². The van der Waals surface area contributed by atoms with Gasteiger partial charge in [-0.05, 0) is 79.8 Å². The van der Waals surface area contributed by atoms with Crippen molar-refractivity contribution < 1.29 is 4.42 Å². The topological polar surface area (TPSA) is 41.3 Å². The maximum absolute atomic E-state index is 6.36. The molecule has 4 aromatic rings. The fourth-order valence-corrected chi connectivity index (χ4v) is 4.38. The van der Waals surface area contributed by atoms with Crippen molar-refractivity contribution in [2.45, 2.75) is 19.0 Å². The van der Waals surface area contributed by atoms with Gasteiger partial charge < -0.3 is 14.6 Å². The lowest BCUT2D eigenvalue weighted by atomic mass is 10.0. The Balaban J connectivity index is 1.59. The SMILES string of the molecule is Cc1ccc(N2C(=S)N[C@H](c3ccccn3)[C@@H]2c2ccc(-c3ccc(Cl)cc3)o2)cc1. The molecule has 1 N–H and O–H groups in total. The van der Waals surface area contributed by atoms with Crippen LogP contribution in [0, 0.1) is 6.92 Å². The largest absolute Gasteiger partial charge is 0.459 e. The summed E-state index contributed by atoms with van der Waals surface area (Å²) in [6.45, 7) is 2.07. The highest BCUT2D eigenvalue weighted by atomic mass is 35.5. The van der Waals surface area contributed by atoms with Crippen LogP contribution in [0.1, 0.15) is 29.1 Å². The minimum atomic E-state index is -0.175. The Morgan fingerprint density at radius 3 is 2.45 bits per heavy atom. The van der Waals surface area contributed by atoms with Crippen molar-refractivity contribution >= 4 is 34.6 Å². The molecule has 4 nitrogen and oxygen atoms in total. The quantitative estimate of drug-likeness (QED) is 0.364. The molecule has 1 fully saturated rings. The molecule has 0 aliphatic carbocycles. The number of pyridine rings is 1. The van der Waals surface area contributed by atoms with Crippen LogP contribution in [0.2, 0.25) is 5.02 Å². The number of nitrogens with one attached hydrogen (secondary N) is 1. The summed E-state index contributed by atoms with van der Waals surface area (Å²) in [5, 5.41) is 4.80. The second kappa shape index (κ2) is 8.17. The zero-order valence-corrected chi connectivity index (χ0v) is 18.4. The second-order valence-electron chi connectivity index (χ2n) is 7.54. The lowest BCUT2D eigenvalue weighted by Crippen LogP contribution is -2.29. The number of hydrogen-bond donors (Lipinski definition) is 1. The third-order valence-corrected chi connectivity index (χ3v) is 6.02. The zero-order chi connectivity index (χ0) is 21.4. The number of rotatable bonds is 4. The molecule has 5 rings (SSSR count). The maximum Gasteiger partial charge on any atom is 0.174 e. The van der Waals surface area contributed by atoms with Gasteiger partial charge in [-0.15, -0.1) is 0 Å². The van der Waals surface area contributed by atoms with E-state index in [9.17, 15) is 0 Å². The van der Waals surface area contributed by atoms with Gasteiger partial charge in [0, 0.05) is 22.5 Å². The molecule has 0 saturated carbocycles. The van der Waals surface area contributed by atoms with Crippen LogP contribution in [0.5, 0.6) is 0 Å². The highest BCUT2D eigenvalue weighted by Gasteiger charge is 2.42. The molecule has 1 saturated heterocycles. The molecule has 0 unspecified atom stereocenters. The van der Waals surface area contributed by atoms with Crippen molar-refractivity contribution in [3.8, 4) is 11.3 Å². The van der Waals surface area contributed by atoms with Gasteiger partial charge in [-0.2, -0.15) is 0 Å². The Kier molecular flexibility index (Phi) is 5.22. The van der Waals surface area contributed by atoms with Gasteiger partial charge in [0.2, 0.25) is 0 Å². The van der Waals surface area contributed by atoms with Crippen LogP contribution in [-0.4, -0.2) is 10.1 Å². The first kappa shape index (κ1) is 19.8. The molecule has 0 bridgehead atoms.